The van der Waals surface area contributed by atoms with Crippen molar-refractivity contribution in [2.75, 3.05) is 0 Å². The molecule has 9 rings (SSSR count). The first-order chi connectivity index (χ1) is 24.2. The Labute approximate surface area is 286 Å². The van der Waals surface area contributed by atoms with Crippen LogP contribution in [0.15, 0.2) is 170 Å². The summed E-state index contributed by atoms with van der Waals surface area (Å²) in [4.78, 5) is 0. The first kappa shape index (κ1) is 30.2. The number of hydrogen-bond donors (Lipinski definition) is 0. The third-order valence-electron chi connectivity index (χ3n) is 9.64. The van der Waals surface area contributed by atoms with E-state index in [2.05, 4.69) is 168 Å². The Balaban J connectivity index is 0.000000829. The average molecular weight is 631 g/mol. The summed E-state index contributed by atoms with van der Waals surface area (Å²) in [5.41, 5.74) is 7.04. The lowest BCUT2D eigenvalue weighted by atomic mass is 10.00. The number of rotatable bonds is 4. The van der Waals surface area contributed by atoms with Gasteiger partial charge in [-0.1, -0.05) is 116 Å². The SMILES string of the molecule is C/C=C\C.C=C/C=C(\C=C/C)n1c2ccc(-n3c4ccc5ccccc5c4c4c5ccccc5ccc43)cc2c2cc3ccccc3cc21. The standard InChI is InChI=1S/C43H30N2.C4H8/c1-3-11-32(12-4-2)44-38-24-21-33(27-37(38)36-25-30-15-5-6-16-31(30)26-41(36)44)45-39-22-19-28-13-7-9-17-34(28)42(39)43-35-18-10-8-14-29(35)20-23-40(43)45;1-3-4-2/h3-27H,1H2,2H3;3-4H,1-2H3/b12-4-,32-11+;4-3-. The highest BCUT2D eigenvalue weighted by molar-refractivity contribution is 6.28. The molecule has 0 bridgehead atoms. The molecule has 0 atom stereocenters. The van der Waals surface area contributed by atoms with Gasteiger partial charge in [-0.05, 0) is 108 Å². The van der Waals surface area contributed by atoms with E-state index in [1.807, 2.05) is 32.1 Å². The summed E-state index contributed by atoms with van der Waals surface area (Å²) in [6.07, 6.45) is 12.2. The lowest BCUT2D eigenvalue weighted by Crippen LogP contribution is -1.96. The number of fused-ring (bicyclic) bond motifs is 11. The van der Waals surface area contributed by atoms with Crippen LogP contribution in [-0.2, 0) is 0 Å². The molecule has 0 N–H and O–H groups in total. The van der Waals surface area contributed by atoms with Crippen molar-refractivity contribution in [2.24, 2.45) is 0 Å². The van der Waals surface area contributed by atoms with Crippen molar-refractivity contribution in [3.05, 3.63) is 170 Å². The Kier molecular flexibility index (Phi) is 7.70. The van der Waals surface area contributed by atoms with Gasteiger partial charge in [-0.3, -0.25) is 0 Å². The van der Waals surface area contributed by atoms with Crippen LogP contribution in [0.25, 0.3) is 87.3 Å². The molecule has 0 amide bonds. The molecule has 0 aliphatic carbocycles. The molecule has 0 unspecified atom stereocenters. The molecule has 236 valence electrons. The van der Waals surface area contributed by atoms with Gasteiger partial charge in [-0.25, -0.2) is 0 Å². The van der Waals surface area contributed by atoms with Gasteiger partial charge in [0.2, 0.25) is 0 Å². The fourth-order valence-electron chi connectivity index (χ4n) is 7.43. The summed E-state index contributed by atoms with van der Waals surface area (Å²) < 4.78 is 4.83. The first-order valence-corrected chi connectivity index (χ1v) is 17.0. The summed E-state index contributed by atoms with van der Waals surface area (Å²) in [5, 5.41) is 12.6. The zero-order valence-electron chi connectivity index (χ0n) is 28.2. The van der Waals surface area contributed by atoms with Crippen molar-refractivity contribution in [1.82, 2.24) is 9.13 Å². The summed E-state index contributed by atoms with van der Waals surface area (Å²) in [5.74, 6) is 0. The van der Waals surface area contributed by atoms with Gasteiger partial charge in [0.1, 0.15) is 0 Å². The quantitative estimate of drug-likeness (QED) is 0.135. The maximum Gasteiger partial charge on any atom is 0.0547 e. The summed E-state index contributed by atoms with van der Waals surface area (Å²) >= 11 is 0. The fourth-order valence-corrected chi connectivity index (χ4v) is 7.43. The van der Waals surface area contributed by atoms with E-state index in [9.17, 15) is 0 Å². The van der Waals surface area contributed by atoms with Crippen LogP contribution in [0.4, 0.5) is 0 Å². The average Bonchev–Trinajstić information content (AvgIpc) is 3.66. The van der Waals surface area contributed by atoms with Crippen molar-refractivity contribution < 1.29 is 0 Å². The fraction of sp³-hybridized carbons (Fsp3) is 0.0638. The van der Waals surface area contributed by atoms with Gasteiger partial charge in [-0.15, -0.1) is 0 Å². The zero-order chi connectivity index (χ0) is 33.5. The minimum atomic E-state index is 1.09. The molecule has 7 aromatic carbocycles. The van der Waals surface area contributed by atoms with Crippen LogP contribution in [0, 0.1) is 0 Å². The molecule has 9 aromatic rings. The van der Waals surface area contributed by atoms with Crippen LogP contribution in [0.5, 0.6) is 0 Å². The second-order valence-corrected chi connectivity index (χ2v) is 12.4. The zero-order valence-corrected chi connectivity index (χ0v) is 28.2. The lowest BCUT2D eigenvalue weighted by molar-refractivity contribution is 1.18. The summed E-state index contributed by atoms with van der Waals surface area (Å²) in [6, 6.07) is 46.9. The normalized spacial score (nSPS) is 12.4. The Morgan fingerprint density at radius 2 is 1.02 bits per heavy atom. The van der Waals surface area contributed by atoms with Crippen LogP contribution in [0.3, 0.4) is 0 Å². The van der Waals surface area contributed by atoms with Gasteiger partial charge in [0.05, 0.1) is 22.1 Å². The molecule has 2 nitrogen and oxygen atoms in total. The van der Waals surface area contributed by atoms with E-state index >= 15 is 0 Å². The highest BCUT2D eigenvalue weighted by atomic mass is 15.0. The van der Waals surface area contributed by atoms with Gasteiger partial charge >= 0.3 is 0 Å². The maximum absolute atomic E-state index is 4.02. The van der Waals surface area contributed by atoms with Crippen molar-refractivity contribution in [2.45, 2.75) is 20.8 Å². The topological polar surface area (TPSA) is 9.86 Å². The molecular weight excluding hydrogens is 593 g/mol. The molecule has 0 aliphatic heterocycles. The number of benzene rings is 7. The van der Waals surface area contributed by atoms with Gasteiger partial charge in [-0.2, -0.15) is 0 Å². The number of aromatic nitrogens is 2. The molecule has 0 saturated carbocycles. The van der Waals surface area contributed by atoms with Crippen molar-refractivity contribution in [1.29, 1.82) is 0 Å². The van der Waals surface area contributed by atoms with Gasteiger partial charge in [0, 0.05) is 32.9 Å². The second kappa shape index (κ2) is 12.5. The minimum Gasteiger partial charge on any atom is -0.309 e. The van der Waals surface area contributed by atoms with E-state index < -0.39 is 0 Å². The smallest absolute Gasteiger partial charge is 0.0547 e. The Morgan fingerprint density at radius 1 is 0.490 bits per heavy atom. The largest absolute Gasteiger partial charge is 0.309 e. The maximum atomic E-state index is 4.02. The Hall–Kier alpha value is -6.12. The Bertz CT molecular complexity index is 2720. The first-order valence-electron chi connectivity index (χ1n) is 17.0. The molecule has 2 heteroatoms. The highest BCUT2D eigenvalue weighted by Gasteiger charge is 2.19. The minimum absolute atomic E-state index is 1.09. The van der Waals surface area contributed by atoms with Crippen molar-refractivity contribution in [3.8, 4) is 5.69 Å². The molecule has 0 fully saturated rings. The van der Waals surface area contributed by atoms with E-state index in [0.717, 1.165) is 11.4 Å². The third kappa shape index (κ3) is 4.88. The van der Waals surface area contributed by atoms with Crippen LogP contribution in [-0.4, -0.2) is 9.13 Å². The molecule has 49 heavy (non-hydrogen) atoms. The van der Waals surface area contributed by atoms with Gasteiger partial charge in [0.15, 0.2) is 0 Å². The van der Waals surface area contributed by atoms with Crippen molar-refractivity contribution in [3.63, 3.8) is 0 Å². The molecule has 2 aromatic heterocycles. The molecule has 0 aliphatic rings. The van der Waals surface area contributed by atoms with Gasteiger partial charge < -0.3 is 9.13 Å². The Morgan fingerprint density at radius 3 is 1.59 bits per heavy atom. The number of hydrogen-bond acceptors (Lipinski definition) is 0. The highest BCUT2D eigenvalue weighted by Crippen LogP contribution is 2.42. The molecule has 0 radical (unpaired) electrons. The third-order valence-corrected chi connectivity index (χ3v) is 9.64. The second-order valence-electron chi connectivity index (χ2n) is 12.4. The van der Waals surface area contributed by atoms with E-state index in [-0.39, 0.29) is 0 Å². The monoisotopic (exact) mass is 630 g/mol. The van der Waals surface area contributed by atoms with E-state index in [1.165, 1.54) is 75.9 Å². The molecular formula is C47H38N2. The number of nitrogens with zero attached hydrogens (tertiary/aromatic N) is 2. The van der Waals surface area contributed by atoms with Crippen LogP contribution in [0.2, 0.25) is 0 Å². The number of allylic oxidation sites excluding steroid dienone is 7. The summed E-state index contributed by atoms with van der Waals surface area (Å²) in [6.45, 7) is 10.1. The van der Waals surface area contributed by atoms with Crippen LogP contribution < -0.4 is 0 Å². The van der Waals surface area contributed by atoms with Gasteiger partial charge in [0.25, 0.3) is 0 Å². The molecule has 0 saturated heterocycles. The summed E-state index contributed by atoms with van der Waals surface area (Å²) in [7, 11) is 0. The lowest BCUT2D eigenvalue weighted by Gasteiger charge is -2.11. The predicted molar refractivity (Wildman–Crippen MR) is 216 cm³/mol. The van der Waals surface area contributed by atoms with Crippen LogP contribution in [0.1, 0.15) is 20.8 Å². The van der Waals surface area contributed by atoms with E-state index in [4.69, 9.17) is 0 Å². The predicted octanol–water partition coefficient (Wildman–Crippen LogP) is 13.5. The van der Waals surface area contributed by atoms with Crippen LogP contribution >= 0.6 is 0 Å². The van der Waals surface area contributed by atoms with E-state index in [1.54, 1.807) is 0 Å². The molecule has 2 heterocycles. The molecule has 0 spiro atoms. The van der Waals surface area contributed by atoms with E-state index in [0.29, 0.717) is 0 Å². The van der Waals surface area contributed by atoms with Crippen molar-refractivity contribution >= 4 is 81.6 Å².